The van der Waals surface area contributed by atoms with Gasteiger partial charge in [0.1, 0.15) is 11.6 Å². The molecule has 3 heteroatoms. The number of hydrogen-bond acceptors (Lipinski definition) is 3. The van der Waals surface area contributed by atoms with Crippen LogP contribution < -0.4 is 4.74 Å². The Labute approximate surface area is 83.3 Å². The van der Waals surface area contributed by atoms with Gasteiger partial charge in [-0.15, -0.1) is 0 Å². The normalized spacial score (nSPS) is 14.9. The molecule has 0 bridgehead atoms. The van der Waals surface area contributed by atoms with Crippen molar-refractivity contribution in [3.05, 3.63) is 23.4 Å². The summed E-state index contributed by atoms with van der Waals surface area (Å²) in [7, 11) is 0. The van der Waals surface area contributed by atoms with Gasteiger partial charge < -0.3 is 4.74 Å². The predicted molar refractivity (Wildman–Crippen MR) is 51.9 cm³/mol. The predicted octanol–water partition coefficient (Wildman–Crippen LogP) is 2.05. The highest BCUT2D eigenvalue weighted by molar-refractivity contribution is 5.38. The monoisotopic (exact) mass is 188 g/mol. The van der Waals surface area contributed by atoms with Gasteiger partial charge in [-0.05, 0) is 37.8 Å². The number of hydrogen-bond donors (Lipinski definition) is 0. The van der Waals surface area contributed by atoms with E-state index >= 15 is 0 Å². The van der Waals surface area contributed by atoms with Crippen LogP contribution in [0.5, 0.6) is 5.88 Å². The molecule has 0 unspecified atom stereocenters. The van der Waals surface area contributed by atoms with Gasteiger partial charge in [-0.2, -0.15) is 5.26 Å². The first-order valence-corrected chi connectivity index (χ1v) is 4.80. The molecule has 0 atom stereocenters. The van der Waals surface area contributed by atoms with Gasteiger partial charge in [-0.1, -0.05) is 0 Å². The van der Waals surface area contributed by atoms with Crippen LogP contribution >= 0.6 is 0 Å². The van der Waals surface area contributed by atoms with Gasteiger partial charge in [0.15, 0.2) is 0 Å². The molecule has 1 aromatic heterocycles. The molecule has 1 fully saturated rings. The summed E-state index contributed by atoms with van der Waals surface area (Å²) in [6.07, 6.45) is 2.49. The Morgan fingerprint density at radius 3 is 3.00 bits per heavy atom. The topological polar surface area (TPSA) is 45.9 Å². The largest absolute Gasteiger partial charge is 0.476 e. The second kappa shape index (κ2) is 3.67. The minimum atomic E-state index is 0.486. The van der Waals surface area contributed by atoms with Crippen molar-refractivity contribution in [1.82, 2.24) is 4.98 Å². The second-order valence-corrected chi connectivity index (χ2v) is 3.67. The van der Waals surface area contributed by atoms with Crippen molar-refractivity contribution in [3.8, 4) is 11.9 Å². The molecule has 0 amide bonds. The van der Waals surface area contributed by atoms with Gasteiger partial charge >= 0.3 is 0 Å². The first kappa shape index (κ1) is 9.01. The summed E-state index contributed by atoms with van der Waals surface area (Å²) in [5.74, 6) is 1.17. The maximum absolute atomic E-state index is 8.82. The van der Waals surface area contributed by atoms with Crippen LogP contribution in [0.25, 0.3) is 0 Å². The van der Waals surface area contributed by atoms with Crippen LogP contribution in [-0.2, 0) is 0 Å². The molecule has 0 aromatic carbocycles. The fraction of sp³-hybridized carbons (Fsp3) is 0.455. The second-order valence-electron chi connectivity index (χ2n) is 3.67. The lowest BCUT2D eigenvalue weighted by atomic mass is 10.2. The van der Waals surface area contributed by atoms with E-state index in [-0.39, 0.29) is 0 Å². The van der Waals surface area contributed by atoms with Crippen molar-refractivity contribution in [3.63, 3.8) is 0 Å². The molecule has 1 saturated carbocycles. The number of nitrogens with zero attached hydrogens (tertiary/aromatic N) is 2. The van der Waals surface area contributed by atoms with Crippen LogP contribution in [0.15, 0.2) is 12.1 Å². The minimum absolute atomic E-state index is 0.486. The lowest BCUT2D eigenvalue weighted by Gasteiger charge is -2.05. The molecule has 3 nitrogen and oxygen atoms in total. The van der Waals surface area contributed by atoms with Gasteiger partial charge in [-0.3, -0.25) is 0 Å². The van der Waals surface area contributed by atoms with E-state index < -0.39 is 0 Å². The lowest BCUT2D eigenvalue weighted by Crippen LogP contribution is -2.03. The molecule has 1 aliphatic rings. The van der Waals surface area contributed by atoms with E-state index in [2.05, 4.69) is 11.1 Å². The van der Waals surface area contributed by atoms with Crippen molar-refractivity contribution in [1.29, 1.82) is 5.26 Å². The Bertz CT molecular complexity index is 377. The Morgan fingerprint density at radius 2 is 2.36 bits per heavy atom. The molecular weight excluding hydrogens is 176 g/mol. The van der Waals surface area contributed by atoms with Crippen LogP contribution in [0.2, 0.25) is 0 Å². The van der Waals surface area contributed by atoms with E-state index in [0.29, 0.717) is 24.0 Å². The van der Waals surface area contributed by atoms with Crippen molar-refractivity contribution < 1.29 is 4.74 Å². The molecule has 0 saturated heterocycles. The van der Waals surface area contributed by atoms with Crippen molar-refractivity contribution in [2.45, 2.75) is 19.8 Å². The van der Waals surface area contributed by atoms with E-state index in [1.165, 1.54) is 12.8 Å². The highest BCUT2D eigenvalue weighted by Gasteiger charge is 2.22. The average molecular weight is 188 g/mol. The fourth-order valence-corrected chi connectivity index (χ4v) is 1.21. The molecule has 0 aliphatic heterocycles. The van der Waals surface area contributed by atoms with Gasteiger partial charge in [0.2, 0.25) is 5.88 Å². The Hall–Kier alpha value is -1.56. The smallest absolute Gasteiger partial charge is 0.231 e. The van der Waals surface area contributed by atoms with Crippen molar-refractivity contribution in [2.24, 2.45) is 5.92 Å². The maximum atomic E-state index is 8.82. The van der Waals surface area contributed by atoms with Crippen LogP contribution in [0.4, 0.5) is 0 Å². The summed E-state index contributed by atoms with van der Waals surface area (Å²) >= 11 is 0. The summed E-state index contributed by atoms with van der Waals surface area (Å²) in [5, 5.41) is 8.82. The van der Waals surface area contributed by atoms with Crippen LogP contribution in [0.1, 0.15) is 24.1 Å². The average Bonchev–Trinajstić information content (AvgIpc) is 2.98. The van der Waals surface area contributed by atoms with Crippen molar-refractivity contribution in [2.75, 3.05) is 6.61 Å². The number of pyridine rings is 1. The van der Waals surface area contributed by atoms with Crippen LogP contribution in [-0.4, -0.2) is 11.6 Å². The minimum Gasteiger partial charge on any atom is -0.476 e. The van der Waals surface area contributed by atoms with Gasteiger partial charge in [0.25, 0.3) is 0 Å². The van der Waals surface area contributed by atoms with E-state index in [1.807, 2.05) is 13.0 Å². The molecule has 1 aromatic rings. The number of nitriles is 1. The summed E-state index contributed by atoms with van der Waals surface area (Å²) in [6, 6.07) is 5.66. The zero-order valence-corrected chi connectivity index (χ0v) is 8.16. The Balaban J connectivity index is 2.12. The zero-order valence-electron chi connectivity index (χ0n) is 8.16. The number of rotatable bonds is 3. The summed E-state index contributed by atoms with van der Waals surface area (Å²) < 4.78 is 5.50. The van der Waals surface area contributed by atoms with Gasteiger partial charge in [0, 0.05) is 5.69 Å². The third-order valence-electron chi connectivity index (χ3n) is 2.27. The Morgan fingerprint density at radius 1 is 1.57 bits per heavy atom. The third-order valence-corrected chi connectivity index (χ3v) is 2.27. The first-order chi connectivity index (χ1) is 6.79. The number of aromatic nitrogens is 1. The molecule has 1 aliphatic carbocycles. The third kappa shape index (κ3) is 2.02. The SMILES string of the molecule is Cc1ccc(C#N)c(OCC2CC2)n1. The summed E-state index contributed by atoms with van der Waals surface area (Å²) in [5.41, 5.74) is 1.41. The first-order valence-electron chi connectivity index (χ1n) is 4.80. The summed E-state index contributed by atoms with van der Waals surface area (Å²) in [6.45, 7) is 2.59. The molecule has 14 heavy (non-hydrogen) atoms. The van der Waals surface area contributed by atoms with E-state index in [0.717, 1.165) is 5.69 Å². The fourth-order valence-electron chi connectivity index (χ4n) is 1.21. The molecule has 0 N–H and O–H groups in total. The summed E-state index contributed by atoms with van der Waals surface area (Å²) in [4.78, 5) is 4.20. The Kier molecular flexibility index (Phi) is 2.36. The van der Waals surface area contributed by atoms with E-state index in [4.69, 9.17) is 10.00 Å². The molecule has 2 rings (SSSR count). The standard InChI is InChI=1S/C11H12N2O/c1-8-2-5-10(6-12)11(13-8)14-7-9-3-4-9/h2,5,9H,3-4,7H2,1H3. The number of ether oxygens (including phenoxy) is 1. The highest BCUT2D eigenvalue weighted by atomic mass is 16.5. The zero-order chi connectivity index (χ0) is 9.97. The quantitative estimate of drug-likeness (QED) is 0.729. The van der Waals surface area contributed by atoms with Crippen LogP contribution in [0.3, 0.4) is 0 Å². The molecule has 0 spiro atoms. The molecular formula is C11H12N2O. The molecule has 1 heterocycles. The van der Waals surface area contributed by atoms with Crippen LogP contribution in [0, 0.1) is 24.2 Å². The lowest BCUT2D eigenvalue weighted by molar-refractivity contribution is 0.287. The van der Waals surface area contributed by atoms with Crippen molar-refractivity contribution >= 4 is 0 Å². The van der Waals surface area contributed by atoms with Gasteiger partial charge in [0.05, 0.1) is 6.61 Å². The van der Waals surface area contributed by atoms with E-state index in [1.54, 1.807) is 6.07 Å². The van der Waals surface area contributed by atoms with Gasteiger partial charge in [-0.25, -0.2) is 4.98 Å². The highest BCUT2D eigenvalue weighted by Crippen LogP contribution is 2.29. The van der Waals surface area contributed by atoms with E-state index in [9.17, 15) is 0 Å². The number of aryl methyl sites for hydroxylation is 1. The molecule has 0 radical (unpaired) electrons. The maximum Gasteiger partial charge on any atom is 0.231 e. The molecule has 72 valence electrons.